The number of nitrogens with zero attached hydrogens (tertiary/aromatic N) is 4. The number of hydrogen-bond donors (Lipinski definition) is 1. The highest BCUT2D eigenvalue weighted by atomic mass is 35.5. The molecule has 0 unspecified atom stereocenters. The summed E-state index contributed by atoms with van der Waals surface area (Å²) in [5.74, 6) is 1.31. The van der Waals surface area contributed by atoms with Crippen LogP contribution in [0.1, 0.15) is 12.5 Å². The molecule has 0 radical (unpaired) electrons. The molecule has 1 aromatic rings. The lowest BCUT2D eigenvalue weighted by Gasteiger charge is -2.36. The summed E-state index contributed by atoms with van der Waals surface area (Å²) in [6.07, 6.45) is 1.84. The van der Waals surface area contributed by atoms with Gasteiger partial charge < -0.3 is 14.9 Å². The number of halogens is 1. The van der Waals surface area contributed by atoms with E-state index in [9.17, 15) is 5.11 Å². The zero-order valence-electron chi connectivity index (χ0n) is 11.6. The number of aromatic nitrogens is 1. The molecule has 2 aliphatic heterocycles. The van der Waals surface area contributed by atoms with Gasteiger partial charge in [-0.25, -0.2) is 4.98 Å². The summed E-state index contributed by atoms with van der Waals surface area (Å²) < 4.78 is 0. The third-order valence-corrected chi connectivity index (χ3v) is 4.04. The van der Waals surface area contributed by atoms with Crippen molar-refractivity contribution in [3.63, 3.8) is 0 Å². The van der Waals surface area contributed by atoms with Crippen LogP contribution in [0.2, 0.25) is 5.15 Å². The number of pyridine rings is 1. The van der Waals surface area contributed by atoms with Crippen LogP contribution < -0.4 is 0 Å². The molecule has 0 aromatic carbocycles. The second-order valence-electron chi connectivity index (χ2n) is 5.39. The quantitative estimate of drug-likeness (QED) is 0.852. The van der Waals surface area contributed by atoms with Gasteiger partial charge in [0.2, 0.25) is 0 Å². The molecule has 108 valence electrons. The Balaban J connectivity index is 1.77. The summed E-state index contributed by atoms with van der Waals surface area (Å²) in [4.78, 5) is 10.9. The minimum Gasteiger partial charge on any atom is -0.381 e. The molecule has 20 heavy (non-hydrogen) atoms. The standard InChI is InChI=1S/C14H19ClN4O/c1-11-7-17(10-20)9-19-5-4-18(14(11)19)8-12-2-3-13(15)16-6-12/h2-3,6,20H,4-5,7-10H2,1H3. The lowest BCUT2D eigenvalue weighted by atomic mass is 10.2. The first-order valence-corrected chi connectivity index (χ1v) is 7.18. The molecule has 2 aliphatic rings. The van der Waals surface area contributed by atoms with E-state index in [-0.39, 0.29) is 6.73 Å². The second-order valence-corrected chi connectivity index (χ2v) is 5.78. The van der Waals surface area contributed by atoms with Gasteiger partial charge in [0, 0.05) is 32.4 Å². The highest BCUT2D eigenvalue weighted by Crippen LogP contribution is 2.28. The van der Waals surface area contributed by atoms with Crippen LogP contribution in [0.4, 0.5) is 0 Å². The van der Waals surface area contributed by atoms with Crippen LogP contribution in [0.3, 0.4) is 0 Å². The van der Waals surface area contributed by atoms with Gasteiger partial charge in [-0.05, 0) is 24.1 Å². The molecule has 1 aromatic heterocycles. The minimum absolute atomic E-state index is 0.113. The van der Waals surface area contributed by atoms with Gasteiger partial charge in [0.1, 0.15) is 11.0 Å². The number of aliphatic hydroxyl groups is 1. The Morgan fingerprint density at radius 3 is 2.90 bits per heavy atom. The molecule has 1 N–H and O–H groups in total. The molecule has 5 nitrogen and oxygen atoms in total. The molecule has 0 bridgehead atoms. The summed E-state index contributed by atoms with van der Waals surface area (Å²) in [6, 6.07) is 3.86. The van der Waals surface area contributed by atoms with Crippen molar-refractivity contribution in [1.82, 2.24) is 19.7 Å². The van der Waals surface area contributed by atoms with Gasteiger partial charge in [-0.2, -0.15) is 0 Å². The summed E-state index contributed by atoms with van der Waals surface area (Å²) >= 11 is 5.82. The SMILES string of the molecule is CC1=C2N(Cc3ccc(Cl)nc3)CCN2CN(CO)C1. The Labute approximate surface area is 124 Å². The monoisotopic (exact) mass is 294 g/mol. The highest BCUT2D eigenvalue weighted by molar-refractivity contribution is 6.29. The fourth-order valence-electron chi connectivity index (χ4n) is 3.00. The molecule has 1 fully saturated rings. The molecule has 0 saturated carbocycles. The summed E-state index contributed by atoms with van der Waals surface area (Å²) in [5.41, 5.74) is 2.48. The number of hydrogen-bond acceptors (Lipinski definition) is 5. The van der Waals surface area contributed by atoms with Crippen LogP contribution >= 0.6 is 11.6 Å². The second kappa shape index (κ2) is 5.60. The Morgan fingerprint density at radius 1 is 1.35 bits per heavy atom. The average Bonchev–Trinajstić information content (AvgIpc) is 2.85. The molecular formula is C14H19ClN4O. The maximum atomic E-state index is 9.30. The largest absolute Gasteiger partial charge is 0.381 e. The van der Waals surface area contributed by atoms with Crippen molar-refractivity contribution in [2.45, 2.75) is 13.5 Å². The summed E-state index contributed by atoms with van der Waals surface area (Å²) in [5, 5.41) is 9.83. The van der Waals surface area contributed by atoms with Crippen molar-refractivity contribution < 1.29 is 5.11 Å². The summed E-state index contributed by atoms with van der Waals surface area (Å²) in [6.45, 7) is 6.76. The Hall–Kier alpha value is -1.30. The Kier molecular flexibility index (Phi) is 3.83. The summed E-state index contributed by atoms with van der Waals surface area (Å²) in [7, 11) is 0. The van der Waals surface area contributed by atoms with Crippen LogP contribution in [0, 0.1) is 0 Å². The molecule has 1 saturated heterocycles. The number of fused-ring (bicyclic) bond motifs is 1. The van der Waals surface area contributed by atoms with Crippen LogP contribution in [0.25, 0.3) is 0 Å². The zero-order valence-corrected chi connectivity index (χ0v) is 12.3. The van der Waals surface area contributed by atoms with E-state index >= 15 is 0 Å². The third kappa shape index (κ3) is 2.61. The minimum atomic E-state index is 0.113. The molecule has 0 amide bonds. The van der Waals surface area contributed by atoms with Crippen molar-refractivity contribution in [2.75, 3.05) is 33.0 Å². The van der Waals surface area contributed by atoms with Crippen molar-refractivity contribution in [1.29, 1.82) is 0 Å². The first-order chi connectivity index (χ1) is 9.67. The van der Waals surface area contributed by atoms with Crippen molar-refractivity contribution in [2.24, 2.45) is 0 Å². The van der Waals surface area contributed by atoms with Gasteiger partial charge in [0.15, 0.2) is 0 Å². The van der Waals surface area contributed by atoms with E-state index in [1.807, 2.05) is 23.2 Å². The van der Waals surface area contributed by atoms with Crippen LogP contribution in [-0.4, -0.2) is 57.8 Å². The molecule has 3 heterocycles. The van der Waals surface area contributed by atoms with E-state index in [1.165, 1.54) is 17.0 Å². The normalized spacial score (nSPS) is 19.8. The molecule has 0 aliphatic carbocycles. The van der Waals surface area contributed by atoms with Gasteiger partial charge >= 0.3 is 0 Å². The number of rotatable bonds is 3. The Bertz CT molecular complexity index is 516. The van der Waals surface area contributed by atoms with E-state index in [4.69, 9.17) is 11.6 Å². The lowest BCUT2D eigenvalue weighted by molar-refractivity contribution is 0.0590. The van der Waals surface area contributed by atoms with E-state index in [2.05, 4.69) is 21.7 Å². The highest BCUT2D eigenvalue weighted by Gasteiger charge is 2.31. The third-order valence-electron chi connectivity index (χ3n) is 3.81. The van der Waals surface area contributed by atoms with Crippen molar-refractivity contribution >= 4 is 11.6 Å². The van der Waals surface area contributed by atoms with E-state index in [0.29, 0.717) is 5.15 Å². The zero-order chi connectivity index (χ0) is 14.1. The maximum absolute atomic E-state index is 9.30. The fraction of sp³-hybridized carbons (Fsp3) is 0.500. The van der Waals surface area contributed by atoms with E-state index in [1.54, 1.807) is 0 Å². The van der Waals surface area contributed by atoms with Gasteiger partial charge in [0.25, 0.3) is 0 Å². The number of aliphatic hydroxyl groups excluding tert-OH is 1. The van der Waals surface area contributed by atoms with Gasteiger partial charge in [-0.3, -0.25) is 4.90 Å². The van der Waals surface area contributed by atoms with Gasteiger partial charge in [-0.15, -0.1) is 0 Å². The first-order valence-electron chi connectivity index (χ1n) is 6.80. The molecule has 0 atom stereocenters. The molecular weight excluding hydrogens is 276 g/mol. The van der Waals surface area contributed by atoms with Crippen LogP contribution in [-0.2, 0) is 6.54 Å². The van der Waals surface area contributed by atoms with Crippen LogP contribution in [0.5, 0.6) is 0 Å². The van der Waals surface area contributed by atoms with Crippen LogP contribution in [0.15, 0.2) is 29.7 Å². The molecule has 0 spiro atoms. The first kappa shape index (κ1) is 13.7. The predicted octanol–water partition coefficient (Wildman–Crippen LogP) is 1.31. The van der Waals surface area contributed by atoms with E-state index in [0.717, 1.165) is 32.8 Å². The fourth-order valence-corrected chi connectivity index (χ4v) is 3.11. The van der Waals surface area contributed by atoms with E-state index < -0.39 is 0 Å². The molecule has 6 heteroatoms. The average molecular weight is 295 g/mol. The molecule has 3 rings (SSSR count). The van der Waals surface area contributed by atoms with Crippen molar-refractivity contribution in [3.05, 3.63) is 40.4 Å². The van der Waals surface area contributed by atoms with Gasteiger partial charge in [0.05, 0.1) is 13.4 Å². The predicted molar refractivity (Wildman–Crippen MR) is 77.7 cm³/mol. The smallest absolute Gasteiger partial charge is 0.129 e. The lowest BCUT2D eigenvalue weighted by Crippen LogP contribution is -2.43. The topological polar surface area (TPSA) is 42.8 Å². The maximum Gasteiger partial charge on any atom is 0.129 e. The van der Waals surface area contributed by atoms with Crippen molar-refractivity contribution in [3.8, 4) is 0 Å². The van der Waals surface area contributed by atoms with Gasteiger partial charge in [-0.1, -0.05) is 17.7 Å². The Morgan fingerprint density at radius 2 is 2.20 bits per heavy atom.